The van der Waals surface area contributed by atoms with E-state index in [4.69, 9.17) is 5.73 Å². The Morgan fingerprint density at radius 3 is 2.53 bits per heavy atom. The van der Waals surface area contributed by atoms with E-state index in [1.807, 2.05) is 18.2 Å². The van der Waals surface area contributed by atoms with Gasteiger partial charge in [-0.05, 0) is 23.8 Å². The Kier molecular flexibility index (Phi) is 2.78. The number of rotatable bonds is 3. The van der Waals surface area contributed by atoms with Crippen LogP contribution in [0.15, 0.2) is 43.0 Å². The van der Waals surface area contributed by atoms with Gasteiger partial charge >= 0.3 is 0 Å². The molecule has 4 nitrogen and oxygen atoms in total. The lowest BCUT2D eigenvalue weighted by molar-refractivity contribution is 1.12. The molecule has 4 heteroatoms. The van der Waals surface area contributed by atoms with Gasteiger partial charge < -0.3 is 11.1 Å². The number of nitrogens with zero attached hydrogens (tertiary/aromatic N) is 2. The van der Waals surface area contributed by atoms with Crippen LogP contribution in [-0.4, -0.2) is 9.97 Å². The summed E-state index contributed by atoms with van der Waals surface area (Å²) in [4.78, 5) is 7.88. The smallest absolute Gasteiger partial charge is 0.0736 e. The van der Waals surface area contributed by atoms with Crippen molar-refractivity contribution in [3.05, 3.63) is 48.5 Å². The summed E-state index contributed by atoms with van der Waals surface area (Å²) in [5.74, 6) is 0. The summed E-state index contributed by atoms with van der Waals surface area (Å²) in [6, 6.07) is 5.78. The van der Waals surface area contributed by atoms with Crippen LogP contribution in [0.25, 0.3) is 0 Å². The first-order chi connectivity index (χ1) is 7.36. The van der Waals surface area contributed by atoms with Gasteiger partial charge in [0.15, 0.2) is 0 Å². The lowest BCUT2D eigenvalue weighted by Gasteiger charge is -2.07. The van der Waals surface area contributed by atoms with Crippen molar-refractivity contribution < 1.29 is 0 Å². The predicted octanol–water partition coefficient (Wildman–Crippen LogP) is 1.67. The summed E-state index contributed by atoms with van der Waals surface area (Å²) in [6.07, 6.45) is 6.89. The number of pyridine rings is 2. The summed E-state index contributed by atoms with van der Waals surface area (Å²) >= 11 is 0. The van der Waals surface area contributed by atoms with Gasteiger partial charge in [0, 0.05) is 25.1 Å². The van der Waals surface area contributed by atoms with E-state index in [-0.39, 0.29) is 0 Å². The summed E-state index contributed by atoms with van der Waals surface area (Å²) in [5.41, 5.74) is 8.48. The Morgan fingerprint density at radius 2 is 1.80 bits per heavy atom. The van der Waals surface area contributed by atoms with Gasteiger partial charge in [0.25, 0.3) is 0 Å². The zero-order valence-electron chi connectivity index (χ0n) is 8.22. The first-order valence-corrected chi connectivity index (χ1v) is 4.68. The van der Waals surface area contributed by atoms with E-state index in [1.165, 1.54) is 5.56 Å². The minimum absolute atomic E-state index is 0.659. The highest BCUT2D eigenvalue weighted by atomic mass is 14.9. The lowest BCUT2D eigenvalue weighted by atomic mass is 10.2. The standard InChI is InChI=1S/C11H12N4/c12-10-8-14-6-3-11(10)15-7-9-1-4-13-5-2-9/h1-6,8H,7,12H2,(H,14,15). The van der Waals surface area contributed by atoms with Crippen molar-refractivity contribution in [1.29, 1.82) is 0 Å². The number of nitrogens with one attached hydrogen (secondary N) is 1. The van der Waals surface area contributed by atoms with Crippen molar-refractivity contribution in [2.75, 3.05) is 11.1 Å². The molecule has 0 aliphatic heterocycles. The van der Waals surface area contributed by atoms with Crippen molar-refractivity contribution >= 4 is 11.4 Å². The van der Waals surface area contributed by atoms with Gasteiger partial charge in [-0.15, -0.1) is 0 Å². The van der Waals surface area contributed by atoms with Crippen molar-refractivity contribution in [2.45, 2.75) is 6.54 Å². The molecular weight excluding hydrogens is 188 g/mol. The first kappa shape index (κ1) is 9.45. The van der Waals surface area contributed by atoms with Crippen LogP contribution in [-0.2, 0) is 6.54 Å². The monoisotopic (exact) mass is 200 g/mol. The Morgan fingerprint density at radius 1 is 1.07 bits per heavy atom. The topological polar surface area (TPSA) is 63.8 Å². The second-order valence-electron chi connectivity index (χ2n) is 3.17. The van der Waals surface area contributed by atoms with Gasteiger partial charge in [0.05, 0.1) is 17.6 Å². The molecule has 0 atom stereocenters. The van der Waals surface area contributed by atoms with Gasteiger partial charge in [-0.2, -0.15) is 0 Å². The molecule has 0 saturated carbocycles. The maximum atomic E-state index is 5.75. The van der Waals surface area contributed by atoms with Gasteiger partial charge in [0.1, 0.15) is 0 Å². The molecule has 0 saturated heterocycles. The van der Waals surface area contributed by atoms with Crippen molar-refractivity contribution in [3.63, 3.8) is 0 Å². The number of nitrogens with two attached hydrogens (primary N) is 1. The quantitative estimate of drug-likeness (QED) is 0.791. The highest BCUT2D eigenvalue weighted by molar-refractivity contribution is 5.64. The van der Waals surface area contributed by atoms with Gasteiger partial charge in [-0.1, -0.05) is 0 Å². The Labute approximate surface area is 88.2 Å². The normalized spacial score (nSPS) is 9.87. The van der Waals surface area contributed by atoms with E-state index < -0.39 is 0 Å². The van der Waals surface area contributed by atoms with Crippen molar-refractivity contribution in [2.24, 2.45) is 0 Å². The Balaban J connectivity index is 2.03. The van der Waals surface area contributed by atoms with Crippen LogP contribution < -0.4 is 11.1 Å². The molecule has 76 valence electrons. The highest BCUT2D eigenvalue weighted by Crippen LogP contribution is 2.15. The third kappa shape index (κ3) is 2.43. The maximum Gasteiger partial charge on any atom is 0.0736 e. The average molecular weight is 200 g/mol. The molecule has 2 heterocycles. The maximum absolute atomic E-state index is 5.75. The van der Waals surface area contributed by atoms with Crippen LogP contribution in [0.2, 0.25) is 0 Å². The summed E-state index contributed by atoms with van der Waals surface area (Å²) in [5, 5.41) is 3.24. The fourth-order valence-corrected chi connectivity index (χ4v) is 1.27. The number of hydrogen-bond acceptors (Lipinski definition) is 4. The van der Waals surface area contributed by atoms with Crippen LogP contribution in [0, 0.1) is 0 Å². The van der Waals surface area contributed by atoms with E-state index in [9.17, 15) is 0 Å². The molecule has 0 bridgehead atoms. The van der Waals surface area contributed by atoms with E-state index in [1.54, 1.807) is 24.8 Å². The van der Waals surface area contributed by atoms with Crippen LogP contribution in [0.5, 0.6) is 0 Å². The van der Waals surface area contributed by atoms with Crippen LogP contribution >= 0.6 is 0 Å². The predicted molar refractivity (Wildman–Crippen MR) is 60.2 cm³/mol. The van der Waals surface area contributed by atoms with E-state index >= 15 is 0 Å². The third-order valence-corrected chi connectivity index (χ3v) is 2.08. The summed E-state index contributed by atoms with van der Waals surface area (Å²) < 4.78 is 0. The molecule has 0 fully saturated rings. The summed E-state index contributed by atoms with van der Waals surface area (Å²) in [7, 11) is 0. The molecular formula is C11H12N4. The zero-order chi connectivity index (χ0) is 10.5. The molecule has 15 heavy (non-hydrogen) atoms. The molecule has 2 rings (SSSR count). The van der Waals surface area contributed by atoms with Gasteiger partial charge in [-0.25, -0.2) is 0 Å². The fourth-order valence-electron chi connectivity index (χ4n) is 1.27. The SMILES string of the molecule is Nc1cnccc1NCc1ccncc1. The molecule has 2 aromatic heterocycles. The number of nitrogen functional groups attached to an aromatic ring is 1. The molecule has 0 aromatic carbocycles. The van der Waals surface area contributed by atoms with E-state index in [0.29, 0.717) is 5.69 Å². The fraction of sp³-hybridized carbons (Fsp3) is 0.0909. The molecule has 0 amide bonds. The van der Waals surface area contributed by atoms with E-state index in [2.05, 4.69) is 15.3 Å². The molecule has 0 radical (unpaired) electrons. The molecule has 0 aliphatic carbocycles. The Bertz CT molecular complexity index is 428. The molecule has 0 aliphatic rings. The Hall–Kier alpha value is -2.10. The second-order valence-corrected chi connectivity index (χ2v) is 3.17. The number of anilines is 2. The molecule has 2 aromatic rings. The minimum Gasteiger partial charge on any atom is -0.396 e. The number of hydrogen-bond donors (Lipinski definition) is 2. The molecule has 0 spiro atoms. The first-order valence-electron chi connectivity index (χ1n) is 4.68. The van der Waals surface area contributed by atoms with E-state index in [0.717, 1.165) is 12.2 Å². The van der Waals surface area contributed by atoms with Crippen LogP contribution in [0.1, 0.15) is 5.56 Å². The van der Waals surface area contributed by atoms with Crippen molar-refractivity contribution in [3.8, 4) is 0 Å². The molecule has 0 unspecified atom stereocenters. The number of aromatic nitrogens is 2. The van der Waals surface area contributed by atoms with Crippen molar-refractivity contribution in [1.82, 2.24) is 9.97 Å². The minimum atomic E-state index is 0.659. The van der Waals surface area contributed by atoms with Crippen LogP contribution in [0.3, 0.4) is 0 Å². The zero-order valence-corrected chi connectivity index (χ0v) is 8.22. The second kappa shape index (κ2) is 4.41. The lowest BCUT2D eigenvalue weighted by Crippen LogP contribution is -2.02. The summed E-state index contributed by atoms with van der Waals surface area (Å²) in [6.45, 7) is 0.733. The highest BCUT2D eigenvalue weighted by Gasteiger charge is 1.97. The van der Waals surface area contributed by atoms with Gasteiger partial charge in [-0.3, -0.25) is 9.97 Å². The van der Waals surface area contributed by atoms with Crippen LogP contribution in [0.4, 0.5) is 11.4 Å². The largest absolute Gasteiger partial charge is 0.396 e. The van der Waals surface area contributed by atoms with Gasteiger partial charge in [0.2, 0.25) is 0 Å². The average Bonchev–Trinajstić information content (AvgIpc) is 2.29. The molecule has 3 N–H and O–H groups in total. The third-order valence-electron chi connectivity index (χ3n) is 2.08.